The van der Waals surface area contributed by atoms with Crippen LogP contribution in [0.25, 0.3) is 0 Å². The Morgan fingerprint density at radius 1 is 1.19 bits per heavy atom. The Morgan fingerprint density at radius 2 is 1.95 bits per heavy atom. The van der Waals surface area contributed by atoms with Crippen LogP contribution < -0.4 is 0 Å². The average molecular weight is 286 g/mol. The number of carbonyl (C=O) groups excluding carboxylic acids is 1. The monoisotopic (exact) mass is 286 g/mol. The molecule has 0 heterocycles. The Bertz CT molecular complexity index is 490. The van der Waals surface area contributed by atoms with Crippen LogP contribution in [0.5, 0.6) is 0 Å². The van der Waals surface area contributed by atoms with Gasteiger partial charge in [-0.15, -0.1) is 6.58 Å². The molecule has 0 bridgehead atoms. The third-order valence-corrected chi connectivity index (χ3v) is 7.56. The Labute approximate surface area is 129 Å². The topological polar surface area (TPSA) is 17.1 Å². The highest BCUT2D eigenvalue weighted by molar-refractivity contribution is 5.76. The van der Waals surface area contributed by atoms with Crippen molar-refractivity contribution in [1.29, 1.82) is 0 Å². The summed E-state index contributed by atoms with van der Waals surface area (Å²) >= 11 is 0. The van der Waals surface area contributed by atoms with Crippen molar-refractivity contribution in [3.05, 3.63) is 24.3 Å². The van der Waals surface area contributed by atoms with Crippen molar-refractivity contribution >= 4 is 6.29 Å². The number of aldehydes is 1. The van der Waals surface area contributed by atoms with E-state index in [1.807, 2.05) is 0 Å². The summed E-state index contributed by atoms with van der Waals surface area (Å²) in [7, 11) is 0. The molecule has 3 aliphatic carbocycles. The molecule has 2 saturated carbocycles. The zero-order valence-corrected chi connectivity index (χ0v) is 14.0. The van der Waals surface area contributed by atoms with Crippen LogP contribution in [-0.4, -0.2) is 6.29 Å². The molecule has 0 aromatic carbocycles. The highest BCUT2D eigenvalue weighted by atomic mass is 16.1. The molecule has 0 aliphatic heterocycles. The van der Waals surface area contributed by atoms with Crippen LogP contribution >= 0.6 is 0 Å². The van der Waals surface area contributed by atoms with Crippen molar-refractivity contribution in [2.45, 2.75) is 65.7 Å². The van der Waals surface area contributed by atoms with E-state index in [2.05, 4.69) is 39.5 Å². The van der Waals surface area contributed by atoms with E-state index in [4.69, 9.17) is 0 Å². The molecule has 116 valence electrons. The SMILES string of the molecule is C=CC1(C)CCC2(C)C(CCC3(C)C(C=O)=CCCC32)C1. The minimum Gasteiger partial charge on any atom is -0.298 e. The summed E-state index contributed by atoms with van der Waals surface area (Å²) in [6.07, 6.45) is 14.2. The highest BCUT2D eigenvalue weighted by Gasteiger charge is 2.57. The van der Waals surface area contributed by atoms with Crippen molar-refractivity contribution in [2.24, 2.45) is 28.1 Å². The van der Waals surface area contributed by atoms with E-state index < -0.39 is 0 Å². The Kier molecular flexibility index (Phi) is 3.46. The quantitative estimate of drug-likeness (QED) is 0.496. The van der Waals surface area contributed by atoms with Gasteiger partial charge in [-0.05, 0) is 78.6 Å². The second-order valence-electron chi connectivity index (χ2n) is 8.63. The van der Waals surface area contributed by atoms with Crippen LogP contribution in [-0.2, 0) is 4.79 Å². The third-order valence-electron chi connectivity index (χ3n) is 7.56. The number of hydrogen-bond acceptors (Lipinski definition) is 1. The summed E-state index contributed by atoms with van der Waals surface area (Å²) in [4.78, 5) is 11.6. The van der Waals surface area contributed by atoms with E-state index in [0.717, 1.165) is 24.2 Å². The molecule has 2 fully saturated rings. The molecule has 1 heteroatoms. The standard InChI is InChI=1S/C20H30O/c1-5-18(2)11-12-20(4)15(13-18)9-10-19(3)16(14-21)7-6-8-17(19)20/h5,7,14-15,17H,1,6,8-13H2,2-4H3. The lowest BCUT2D eigenvalue weighted by atomic mass is 9.43. The molecule has 21 heavy (non-hydrogen) atoms. The summed E-state index contributed by atoms with van der Waals surface area (Å²) in [6, 6.07) is 0. The molecule has 0 spiro atoms. The van der Waals surface area contributed by atoms with Gasteiger partial charge in [-0.1, -0.05) is 32.9 Å². The number of hydrogen-bond donors (Lipinski definition) is 0. The lowest BCUT2D eigenvalue weighted by Crippen LogP contribution is -2.53. The Morgan fingerprint density at radius 3 is 2.62 bits per heavy atom. The predicted octanol–water partition coefficient (Wildman–Crippen LogP) is 5.32. The Hall–Kier alpha value is -0.850. The smallest absolute Gasteiger partial charge is 0.146 e. The van der Waals surface area contributed by atoms with E-state index in [-0.39, 0.29) is 5.41 Å². The van der Waals surface area contributed by atoms with Gasteiger partial charge in [0.1, 0.15) is 6.29 Å². The predicted molar refractivity (Wildman–Crippen MR) is 88.0 cm³/mol. The van der Waals surface area contributed by atoms with Crippen LogP contribution in [0.15, 0.2) is 24.3 Å². The molecule has 5 atom stereocenters. The fourth-order valence-corrected chi connectivity index (χ4v) is 5.92. The van der Waals surface area contributed by atoms with Crippen LogP contribution in [0.1, 0.15) is 65.7 Å². The summed E-state index contributed by atoms with van der Waals surface area (Å²) < 4.78 is 0. The summed E-state index contributed by atoms with van der Waals surface area (Å²) in [5.74, 6) is 1.49. The van der Waals surface area contributed by atoms with Gasteiger partial charge < -0.3 is 0 Å². The summed E-state index contributed by atoms with van der Waals surface area (Å²) in [5.41, 5.74) is 1.97. The van der Waals surface area contributed by atoms with Gasteiger partial charge in [-0.25, -0.2) is 0 Å². The lowest BCUT2D eigenvalue weighted by Gasteiger charge is -2.61. The fraction of sp³-hybridized carbons (Fsp3) is 0.750. The molecular weight excluding hydrogens is 256 g/mol. The van der Waals surface area contributed by atoms with Gasteiger partial charge in [-0.3, -0.25) is 4.79 Å². The first-order valence-corrected chi connectivity index (χ1v) is 8.67. The van der Waals surface area contributed by atoms with E-state index in [1.54, 1.807) is 0 Å². The molecule has 0 aromatic rings. The summed E-state index contributed by atoms with van der Waals surface area (Å²) in [6.45, 7) is 11.3. The van der Waals surface area contributed by atoms with E-state index >= 15 is 0 Å². The van der Waals surface area contributed by atoms with Gasteiger partial charge in [0.25, 0.3) is 0 Å². The van der Waals surface area contributed by atoms with Gasteiger partial charge >= 0.3 is 0 Å². The zero-order valence-electron chi connectivity index (χ0n) is 14.0. The van der Waals surface area contributed by atoms with Crippen molar-refractivity contribution in [3.63, 3.8) is 0 Å². The second-order valence-corrected chi connectivity index (χ2v) is 8.63. The minimum absolute atomic E-state index is 0.132. The van der Waals surface area contributed by atoms with Crippen LogP contribution in [0.2, 0.25) is 0 Å². The highest BCUT2D eigenvalue weighted by Crippen LogP contribution is 2.66. The number of fused-ring (bicyclic) bond motifs is 3. The maximum absolute atomic E-state index is 11.6. The van der Waals surface area contributed by atoms with Crippen molar-refractivity contribution in [2.75, 3.05) is 0 Å². The van der Waals surface area contributed by atoms with Gasteiger partial charge in [0.05, 0.1) is 0 Å². The van der Waals surface area contributed by atoms with Crippen LogP contribution in [0.3, 0.4) is 0 Å². The first-order chi connectivity index (χ1) is 9.88. The molecule has 1 nitrogen and oxygen atoms in total. The first-order valence-electron chi connectivity index (χ1n) is 8.67. The van der Waals surface area contributed by atoms with E-state index in [1.165, 1.54) is 38.5 Å². The van der Waals surface area contributed by atoms with Gasteiger partial charge in [-0.2, -0.15) is 0 Å². The van der Waals surface area contributed by atoms with Crippen LogP contribution in [0.4, 0.5) is 0 Å². The van der Waals surface area contributed by atoms with Gasteiger partial charge in [0, 0.05) is 0 Å². The molecular formula is C20H30O. The molecule has 0 saturated heterocycles. The molecule has 0 aromatic heterocycles. The molecule has 0 amide bonds. The number of carbonyl (C=O) groups is 1. The van der Waals surface area contributed by atoms with Crippen LogP contribution in [0, 0.1) is 28.1 Å². The molecule has 5 unspecified atom stereocenters. The third kappa shape index (κ3) is 2.07. The molecule has 3 aliphatic rings. The van der Waals surface area contributed by atoms with Crippen molar-refractivity contribution in [3.8, 4) is 0 Å². The van der Waals surface area contributed by atoms with Crippen molar-refractivity contribution < 1.29 is 4.79 Å². The minimum atomic E-state index is 0.132. The first kappa shape index (κ1) is 15.1. The van der Waals surface area contributed by atoms with E-state index in [0.29, 0.717) is 16.7 Å². The maximum Gasteiger partial charge on any atom is 0.146 e. The Balaban J connectivity index is 1.95. The van der Waals surface area contributed by atoms with Crippen molar-refractivity contribution in [1.82, 2.24) is 0 Å². The lowest BCUT2D eigenvalue weighted by molar-refractivity contribution is -0.113. The number of allylic oxidation sites excluding steroid dienone is 3. The second kappa shape index (κ2) is 4.83. The largest absolute Gasteiger partial charge is 0.298 e. The van der Waals surface area contributed by atoms with Gasteiger partial charge in [0.2, 0.25) is 0 Å². The summed E-state index contributed by atoms with van der Waals surface area (Å²) in [5, 5.41) is 0. The maximum atomic E-state index is 11.6. The molecule has 0 N–H and O–H groups in total. The average Bonchev–Trinajstić information content (AvgIpc) is 2.48. The number of rotatable bonds is 2. The molecule has 3 rings (SSSR count). The zero-order chi connectivity index (χ0) is 15.3. The van der Waals surface area contributed by atoms with Gasteiger partial charge in [0.15, 0.2) is 0 Å². The van der Waals surface area contributed by atoms with E-state index in [9.17, 15) is 4.79 Å². The fourth-order valence-electron chi connectivity index (χ4n) is 5.92. The molecule has 0 radical (unpaired) electrons. The normalized spacial score (nSPS) is 49.6.